The SMILES string of the molecule is CCOC1=C2Cc3cc(OCC)c(cc3OCC)Cc3cc(OCC)c(cc3OCC)Cc3cc(OCC)c(cc3OCC)Cc3cc(OCC)c(cc3OCC)Cc3cc(OCC)c(cc3OCC)CC3=CC(=O)C(=CC3=O)CC(=C1)C(OCC)C2. The second kappa shape index (κ2) is 31.7. The molecule has 1 atom stereocenters. The van der Waals surface area contributed by atoms with Gasteiger partial charge in [0.2, 0.25) is 0 Å². The van der Waals surface area contributed by atoms with Crippen LogP contribution >= 0.6 is 0 Å². The Labute approximate surface area is 515 Å². The fraction of sp³-hybridized carbons (Fsp3) is 0.452. The molecule has 0 saturated heterocycles. The number of rotatable bonds is 24. The van der Waals surface area contributed by atoms with Crippen molar-refractivity contribution in [2.45, 2.75) is 141 Å². The van der Waals surface area contributed by atoms with E-state index in [1.807, 2.05) is 101 Å². The average molecular weight is 1190 g/mol. The first-order valence-electron chi connectivity index (χ1n) is 31.6. The predicted molar refractivity (Wildman–Crippen MR) is 340 cm³/mol. The fourth-order valence-corrected chi connectivity index (χ4v) is 11.7. The van der Waals surface area contributed by atoms with Crippen molar-refractivity contribution in [1.82, 2.24) is 0 Å². The van der Waals surface area contributed by atoms with E-state index < -0.39 is 0 Å². The van der Waals surface area contributed by atoms with Crippen molar-refractivity contribution in [2.75, 3.05) is 79.3 Å². The summed E-state index contributed by atoms with van der Waals surface area (Å²) in [7, 11) is 0. The van der Waals surface area contributed by atoms with Crippen LogP contribution in [0.15, 0.2) is 107 Å². The van der Waals surface area contributed by atoms with Crippen LogP contribution < -0.4 is 47.4 Å². The highest BCUT2D eigenvalue weighted by atomic mass is 16.5. The van der Waals surface area contributed by atoms with E-state index in [1.54, 1.807) is 0 Å². The molecule has 0 N–H and O–H groups in total. The van der Waals surface area contributed by atoms with Crippen LogP contribution in [0.4, 0.5) is 0 Å². The van der Waals surface area contributed by atoms with Gasteiger partial charge >= 0.3 is 0 Å². The maximum absolute atomic E-state index is 14.3. The van der Waals surface area contributed by atoms with E-state index >= 15 is 0 Å². The van der Waals surface area contributed by atoms with Crippen LogP contribution in [-0.4, -0.2) is 97.0 Å². The molecule has 14 nitrogen and oxygen atoms in total. The minimum Gasteiger partial charge on any atom is -0.494 e. The summed E-state index contributed by atoms with van der Waals surface area (Å²) >= 11 is 0. The third-order valence-electron chi connectivity index (χ3n) is 15.3. The van der Waals surface area contributed by atoms with Gasteiger partial charge in [-0.05, 0) is 173 Å². The lowest BCUT2D eigenvalue weighted by atomic mass is 9.84. The Bertz CT molecular complexity index is 3360. The largest absolute Gasteiger partial charge is 0.494 e. The van der Waals surface area contributed by atoms with E-state index in [0.29, 0.717) is 158 Å². The Balaban J connectivity index is 1.33. The molecule has 0 radical (unpaired) electrons. The fourth-order valence-electron chi connectivity index (χ4n) is 11.7. The van der Waals surface area contributed by atoms with Gasteiger partial charge in [-0.25, -0.2) is 0 Å². The number of ether oxygens (including phenoxy) is 12. The van der Waals surface area contributed by atoms with E-state index in [-0.39, 0.29) is 30.5 Å². The number of hydrogen-bond donors (Lipinski definition) is 0. The Morgan fingerprint density at radius 2 is 0.529 bits per heavy atom. The molecule has 0 aliphatic heterocycles. The third kappa shape index (κ3) is 16.0. The Morgan fingerprint density at radius 1 is 0.287 bits per heavy atom. The molecule has 10 aliphatic carbocycles. The Kier molecular flexibility index (Phi) is 23.7. The zero-order chi connectivity index (χ0) is 62.0. The zero-order valence-corrected chi connectivity index (χ0v) is 53.4. The van der Waals surface area contributed by atoms with E-state index in [4.69, 9.17) is 56.8 Å². The molecule has 0 aromatic heterocycles. The standard InChI is InChI=1S/C73H90O14/c1-13-76-62-36-50-27-52-38-68(82-19-7)54(40-66(52)80-17-5)29-56-42-72(86-23-11)58(44-70(56)84-21-9)31-59-45-71(85-22-10)57(43-73(59)87-24-12)30-55-41-67(81-18-6)53(39-69(55)83-20-8)28-51-37-63(77-14-2)49(35-65(51)79-16-4)26-47-33-60(74)46(32-61(47)75)25-48(62)34-64(50)78-15-3/h32-36,38-45,63H,13-31,37H2,1-12H3. The Morgan fingerprint density at radius 3 is 0.782 bits per heavy atom. The average Bonchev–Trinajstić information content (AvgIpc) is 2.61. The molecule has 1 unspecified atom stereocenters. The van der Waals surface area contributed by atoms with E-state index in [2.05, 4.69) is 48.5 Å². The minimum absolute atomic E-state index is 0.156. The topological polar surface area (TPSA) is 145 Å². The van der Waals surface area contributed by atoms with Gasteiger partial charge in [-0.1, -0.05) is 0 Å². The van der Waals surface area contributed by atoms with E-state index in [1.165, 1.54) is 12.2 Å². The van der Waals surface area contributed by atoms with Crippen molar-refractivity contribution in [3.63, 3.8) is 0 Å². The van der Waals surface area contributed by atoms with Crippen molar-refractivity contribution in [3.05, 3.63) is 163 Å². The number of hydrogen-bond acceptors (Lipinski definition) is 14. The summed E-state index contributed by atoms with van der Waals surface area (Å²) in [4.78, 5) is 28.6. The summed E-state index contributed by atoms with van der Waals surface area (Å²) in [6, 6.07) is 20.6. The number of ketones is 2. The van der Waals surface area contributed by atoms with Gasteiger partial charge < -0.3 is 56.8 Å². The van der Waals surface area contributed by atoms with Gasteiger partial charge in [-0.3, -0.25) is 9.59 Å². The summed E-state index contributed by atoms with van der Waals surface area (Å²) < 4.78 is 77.7. The molecule has 0 fully saturated rings. The van der Waals surface area contributed by atoms with Crippen LogP contribution in [0.3, 0.4) is 0 Å². The monoisotopic (exact) mass is 1190 g/mol. The van der Waals surface area contributed by atoms with Crippen LogP contribution in [0.25, 0.3) is 0 Å². The van der Waals surface area contributed by atoms with Crippen molar-refractivity contribution in [2.24, 2.45) is 0 Å². The van der Waals surface area contributed by atoms with Gasteiger partial charge in [-0.2, -0.15) is 0 Å². The minimum atomic E-state index is -0.384. The van der Waals surface area contributed by atoms with Gasteiger partial charge in [0.15, 0.2) is 11.6 Å². The Hall–Kier alpha value is -7.84. The first-order valence-corrected chi connectivity index (χ1v) is 31.6. The number of allylic oxidation sites excluding steroid dienone is 5. The molecule has 466 valence electrons. The van der Waals surface area contributed by atoms with Crippen molar-refractivity contribution in [3.8, 4) is 57.5 Å². The summed E-state index contributed by atoms with van der Waals surface area (Å²) in [6.07, 6.45) is 7.73. The number of carbonyl (C=O) groups excluding carboxylic acids is 2. The quantitative estimate of drug-likeness (QED) is 0.0540. The van der Waals surface area contributed by atoms with E-state index in [0.717, 1.165) is 101 Å². The van der Waals surface area contributed by atoms with E-state index in [9.17, 15) is 9.59 Å². The van der Waals surface area contributed by atoms with Gasteiger partial charge in [0.25, 0.3) is 0 Å². The molecular weight excluding hydrogens is 1100 g/mol. The van der Waals surface area contributed by atoms with Crippen LogP contribution in [0, 0.1) is 0 Å². The summed E-state index contributed by atoms with van der Waals surface area (Å²) in [5, 5.41) is 0. The van der Waals surface area contributed by atoms with Gasteiger partial charge in [0.05, 0.1) is 78.8 Å². The molecule has 14 heteroatoms. The van der Waals surface area contributed by atoms with Crippen LogP contribution in [0.2, 0.25) is 0 Å². The third-order valence-corrected chi connectivity index (χ3v) is 15.3. The number of benzene rings is 5. The summed E-state index contributed by atoms with van der Waals surface area (Å²) in [6.45, 7) is 28.8. The van der Waals surface area contributed by atoms with Crippen LogP contribution in [0.5, 0.6) is 57.5 Å². The van der Waals surface area contributed by atoms with Crippen molar-refractivity contribution >= 4 is 11.6 Å². The molecule has 0 amide bonds. The lowest BCUT2D eigenvalue weighted by molar-refractivity contribution is -0.115. The maximum Gasteiger partial charge on any atom is 0.182 e. The second-order valence-corrected chi connectivity index (χ2v) is 21.2. The maximum atomic E-state index is 14.3. The summed E-state index contributed by atoms with van der Waals surface area (Å²) in [5.74, 6) is 7.23. The van der Waals surface area contributed by atoms with Gasteiger partial charge in [0.1, 0.15) is 63.3 Å². The first-order chi connectivity index (χ1) is 42.4. The van der Waals surface area contributed by atoms with Crippen LogP contribution in [0.1, 0.15) is 152 Å². The highest BCUT2D eigenvalue weighted by molar-refractivity contribution is 6.20. The molecule has 5 aromatic carbocycles. The van der Waals surface area contributed by atoms with Crippen LogP contribution in [-0.2, 0) is 57.6 Å². The van der Waals surface area contributed by atoms with Crippen molar-refractivity contribution in [1.29, 1.82) is 0 Å². The lowest BCUT2D eigenvalue weighted by Gasteiger charge is -2.29. The van der Waals surface area contributed by atoms with Gasteiger partial charge in [-0.15, -0.1) is 0 Å². The molecule has 10 aliphatic rings. The molecular formula is C73H90O14. The number of fused-ring (bicyclic) bond motifs is 7. The molecule has 0 heterocycles. The predicted octanol–water partition coefficient (Wildman–Crippen LogP) is 14.6. The molecule has 87 heavy (non-hydrogen) atoms. The molecule has 5 aromatic rings. The van der Waals surface area contributed by atoms with Crippen molar-refractivity contribution < 1.29 is 66.4 Å². The molecule has 15 rings (SSSR count). The second-order valence-electron chi connectivity index (χ2n) is 21.2. The summed E-state index contributed by atoms with van der Waals surface area (Å²) in [5.41, 5.74) is 11.6. The molecule has 0 spiro atoms. The number of carbonyl (C=O) groups is 2. The van der Waals surface area contributed by atoms with Gasteiger partial charge in [0, 0.05) is 125 Å². The highest BCUT2D eigenvalue weighted by Gasteiger charge is 2.31. The highest BCUT2D eigenvalue weighted by Crippen LogP contribution is 2.44. The zero-order valence-electron chi connectivity index (χ0n) is 53.4. The molecule has 14 bridgehead atoms. The lowest BCUT2D eigenvalue weighted by Crippen LogP contribution is -2.24. The molecule has 0 saturated carbocycles. The first kappa shape index (κ1) is 65.1. The normalized spacial score (nSPS) is 15.2. The smallest absolute Gasteiger partial charge is 0.182 e.